The molecule has 74 valence electrons. The molecule has 1 aromatic carbocycles. The van der Waals surface area contributed by atoms with Gasteiger partial charge in [-0.25, -0.2) is 4.99 Å². The van der Waals surface area contributed by atoms with E-state index in [-0.39, 0.29) is 12.1 Å². The van der Waals surface area contributed by atoms with Crippen molar-refractivity contribution in [2.75, 3.05) is 5.32 Å². The third-order valence-electron chi connectivity index (χ3n) is 2.32. The second-order valence-corrected chi connectivity index (χ2v) is 3.49. The minimum atomic E-state index is 0.168. The van der Waals surface area contributed by atoms with Crippen LogP contribution < -0.4 is 5.32 Å². The Balaban J connectivity index is 2.03. The third kappa shape index (κ3) is 1.87. The van der Waals surface area contributed by atoms with Crippen molar-refractivity contribution in [3.8, 4) is 0 Å². The molecule has 0 amide bonds. The topological polar surface area (TPSA) is 33.6 Å². The summed E-state index contributed by atoms with van der Waals surface area (Å²) in [4.78, 5) is 4.35. The smallest absolute Gasteiger partial charge is 0.289 e. The Morgan fingerprint density at radius 1 is 1.21 bits per heavy atom. The number of benzene rings is 1. The molecule has 3 heteroatoms. The summed E-state index contributed by atoms with van der Waals surface area (Å²) >= 11 is 0. The average Bonchev–Trinajstić information content (AvgIpc) is 2.47. The molecule has 0 saturated heterocycles. The second-order valence-electron chi connectivity index (χ2n) is 3.49. The summed E-state index contributed by atoms with van der Waals surface area (Å²) in [5.41, 5.74) is 1.01. The lowest BCUT2D eigenvalue weighted by atomic mass is 10.2. The molecule has 1 N–H and O–H groups in total. The number of amidine groups is 1. The predicted molar refractivity (Wildman–Crippen MR) is 57.5 cm³/mol. The molecule has 2 atom stereocenters. The van der Waals surface area contributed by atoms with Crippen LogP contribution in [0, 0.1) is 0 Å². The fourth-order valence-electron chi connectivity index (χ4n) is 1.30. The van der Waals surface area contributed by atoms with Crippen LogP contribution >= 0.6 is 0 Å². The summed E-state index contributed by atoms with van der Waals surface area (Å²) in [6, 6.07) is 10.8. The first-order valence-corrected chi connectivity index (χ1v) is 4.82. The standard InChI is InChI=1S/C11H14N2O/c1-8-9(2)14-11(12-8)13-10-6-4-3-5-7-10/h3-9H,1-2H3,(H,12,13)/t8-,9+/m1/s1. The molecule has 0 aromatic heterocycles. The molecule has 3 nitrogen and oxygen atoms in total. The first-order chi connectivity index (χ1) is 6.75. The third-order valence-corrected chi connectivity index (χ3v) is 2.32. The summed E-state index contributed by atoms with van der Waals surface area (Å²) in [5.74, 6) is 0. The summed E-state index contributed by atoms with van der Waals surface area (Å²) < 4.78 is 5.52. The van der Waals surface area contributed by atoms with Crippen LogP contribution in [-0.4, -0.2) is 18.2 Å². The van der Waals surface area contributed by atoms with Gasteiger partial charge in [0, 0.05) is 5.69 Å². The van der Waals surface area contributed by atoms with E-state index in [4.69, 9.17) is 4.74 Å². The summed E-state index contributed by atoms with van der Waals surface area (Å²) in [6.07, 6.45) is 0.168. The molecule has 1 heterocycles. The number of anilines is 1. The molecule has 0 radical (unpaired) electrons. The van der Waals surface area contributed by atoms with Crippen molar-refractivity contribution in [2.24, 2.45) is 4.99 Å². The maximum atomic E-state index is 5.52. The van der Waals surface area contributed by atoms with E-state index in [0.29, 0.717) is 6.02 Å². The zero-order valence-corrected chi connectivity index (χ0v) is 8.40. The van der Waals surface area contributed by atoms with Gasteiger partial charge in [0.05, 0.1) is 6.04 Å². The Hall–Kier alpha value is -1.51. The molecule has 0 unspecified atom stereocenters. The molecule has 0 fully saturated rings. The van der Waals surface area contributed by atoms with Gasteiger partial charge in [-0.3, -0.25) is 0 Å². The van der Waals surface area contributed by atoms with Crippen molar-refractivity contribution in [3.05, 3.63) is 30.3 Å². The van der Waals surface area contributed by atoms with Crippen LogP contribution in [0.4, 0.5) is 5.69 Å². The van der Waals surface area contributed by atoms with E-state index in [1.165, 1.54) is 0 Å². The van der Waals surface area contributed by atoms with E-state index in [1.54, 1.807) is 0 Å². The predicted octanol–water partition coefficient (Wildman–Crippen LogP) is 2.26. The molecule has 0 aliphatic carbocycles. The Bertz CT molecular complexity index is 334. The maximum absolute atomic E-state index is 5.52. The number of ether oxygens (including phenoxy) is 1. The highest BCUT2D eigenvalue weighted by atomic mass is 16.5. The van der Waals surface area contributed by atoms with Crippen LogP contribution in [0.1, 0.15) is 13.8 Å². The van der Waals surface area contributed by atoms with E-state index in [0.717, 1.165) is 5.69 Å². The van der Waals surface area contributed by atoms with Crippen molar-refractivity contribution in [2.45, 2.75) is 26.0 Å². The molecule has 0 bridgehead atoms. The van der Waals surface area contributed by atoms with Gasteiger partial charge in [0.2, 0.25) is 0 Å². The van der Waals surface area contributed by atoms with Crippen LogP contribution in [0.5, 0.6) is 0 Å². The van der Waals surface area contributed by atoms with E-state index in [1.807, 2.05) is 44.2 Å². The SMILES string of the molecule is C[C@@H]1OC(Nc2ccccc2)=N[C@@H]1C. The number of para-hydroxylation sites is 1. The number of nitrogens with zero attached hydrogens (tertiary/aromatic N) is 1. The van der Waals surface area contributed by atoms with Crippen LogP contribution in [0.3, 0.4) is 0 Å². The van der Waals surface area contributed by atoms with E-state index in [2.05, 4.69) is 10.3 Å². The number of aliphatic imine (C=N–C) groups is 1. The van der Waals surface area contributed by atoms with Crippen LogP contribution in [-0.2, 0) is 4.74 Å². The second kappa shape index (κ2) is 3.70. The molecular weight excluding hydrogens is 176 g/mol. The Morgan fingerprint density at radius 3 is 2.50 bits per heavy atom. The van der Waals surface area contributed by atoms with Gasteiger partial charge >= 0.3 is 0 Å². The van der Waals surface area contributed by atoms with Crippen molar-refractivity contribution < 1.29 is 4.74 Å². The van der Waals surface area contributed by atoms with E-state index >= 15 is 0 Å². The first kappa shape index (κ1) is 9.06. The highest BCUT2D eigenvalue weighted by Gasteiger charge is 2.22. The van der Waals surface area contributed by atoms with Gasteiger partial charge in [0.1, 0.15) is 6.10 Å². The van der Waals surface area contributed by atoms with Crippen molar-refractivity contribution in [1.82, 2.24) is 0 Å². The molecule has 2 rings (SSSR count). The van der Waals surface area contributed by atoms with E-state index in [9.17, 15) is 0 Å². The first-order valence-electron chi connectivity index (χ1n) is 4.82. The Morgan fingerprint density at radius 2 is 1.93 bits per heavy atom. The largest absolute Gasteiger partial charge is 0.460 e. The highest BCUT2D eigenvalue weighted by Crippen LogP contribution is 2.14. The van der Waals surface area contributed by atoms with Gasteiger partial charge in [-0.1, -0.05) is 18.2 Å². The monoisotopic (exact) mass is 190 g/mol. The number of hydrogen-bond donors (Lipinski definition) is 1. The Labute approximate surface area is 83.8 Å². The van der Waals surface area contributed by atoms with Gasteiger partial charge in [-0.2, -0.15) is 0 Å². The van der Waals surface area contributed by atoms with Crippen LogP contribution in [0.15, 0.2) is 35.3 Å². The maximum Gasteiger partial charge on any atom is 0.289 e. The highest BCUT2D eigenvalue weighted by molar-refractivity contribution is 5.90. The molecule has 0 spiro atoms. The van der Waals surface area contributed by atoms with E-state index < -0.39 is 0 Å². The van der Waals surface area contributed by atoms with Crippen molar-refractivity contribution in [3.63, 3.8) is 0 Å². The van der Waals surface area contributed by atoms with Crippen LogP contribution in [0.25, 0.3) is 0 Å². The molecule has 1 aromatic rings. The number of nitrogens with one attached hydrogen (secondary N) is 1. The molecule has 1 aliphatic rings. The summed E-state index contributed by atoms with van der Waals surface area (Å²) in [5, 5.41) is 3.13. The Kier molecular flexibility index (Phi) is 2.39. The lowest BCUT2D eigenvalue weighted by Crippen LogP contribution is -2.17. The molecular formula is C11H14N2O. The van der Waals surface area contributed by atoms with Gasteiger partial charge in [0.15, 0.2) is 0 Å². The minimum absolute atomic E-state index is 0.168. The van der Waals surface area contributed by atoms with Crippen molar-refractivity contribution >= 4 is 11.7 Å². The van der Waals surface area contributed by atoms with Gasteiger partial charge in [0.25, 0.3) is 6.02 Å². The average molecular weight is 190 g/mol. The fraction of sp³-hybridized carbons (Fsp3) is 0.364. The summed E-state index contributed by atoms with van der Waals surface area (Å²) in [7, 11) is 0. The quantitative estimate of drug-likeness (QED) is 0.737. The van der Waals surface area contributed by atoms with Gasteiger partial charge in [-0.15, -0.1) is 0 Å². The van der Waals surface area contributed by atoms with Crippen LogP contribution in [0.2, 0.25) is 0 Å². The number of rotatable bonds is 1. The zero-order chi connectivity index (χ0) is 9.97. The minimum Gasteiger partial charge on any atom is -0.460 e. The van der Waals surface area contributed by atoms with Crippen molar-refractivity contribution in [1.29, 1.82) is 0 Å². The number of hydrogen-bond acceptors (Lipinski definition) is 3. The van der Waals surface area contributed by atoms with Gasteiger partial charge in [-0.05, 0) is 26.0 Å². The van der Waals surface area contributed by atoms with Gasteiger partial charge < -0.3 is 10.1 Å². The summed E-state index contributed by atoms with van der Waals surface area (Å²) in [6.45, 7) is 4.07. The fourth-order valence-corrected chi connectivity index (χ4v) is 1.30. The molecule has 14 heavy (non-hydrogen) atoms. The normalized spacial score (nSPS) is 25.4. The lowest BCUT2D eigenvalue weighted by Gasteiger charge is -2.08. The lowest BCUT2D eigenvalue weighted by molar-refractivity contribution is 0.218. The molecule has 0 saturated carbocycles. The molecule has 1 aliphatic heterocycles. The zero-order valence-electron chi connectivity index (χ0n) is 8.40.